The lowest BCUT2D eigenvalue weighted by molar-refractivity contribution is 0.119. The van der Waals surface area contributed by atoms with Crippen molar-refractivity contribution in [1.29, 1.82) is 0 Å². The number of fused-ring (bicyclic) bond motifs is 2. The fourth-order valence-corrected chi connectivity index (χ4v) is 4.82. The first-order valence-corrected chi connectivity index (χ1v) is 10.5. The van der Waals surface area contributed by atoms with Crippen molar-refractivity contribution >= 4 is 33.5 Å². The maximum absolute atomic E-state index is 5.25. The first-order chi connectivity index (χ1) is 13.2. The van der Waals surface area contributed by atoms with Gasteiger partial charge >= 0.3 is 0 Å². The lowest BCUT2D eigenvalue weighted by Crippen LogP contribution is -2.53. The minimum atomic E-state index is 0.534. The van der Waals surface area contributed by atoms with E-state index in [1.54, 1.807) is 7.11 Å². The van der Waals surface area contributed by atoms with E-state index < -0.39 is 0 Å². The van der Waals surface area contributed by atoms with Gasteiger partial charge in [-0.1, -0.05) is 12.1 Å². The Bertz CT molecular complexity index is 831. The van der Waals surface area contributed by atoms with Gasteiger partial charge in [-0.05, 0) is 45.0 Å². The van der Waals surface area contributed by atoms with Crippen LogP contribution in [0, 0.1) is 6.92 Å². The van der Waals surface area contributed by atoms with E-state index >= 15 is 0 Å². The molecule has 1 fully saturated rings. The number of para-hydroxylation sites is 2. The summed E-state index contributed by atoms with van der Waals surface area (Å²) in [6.07, 6.45) is 2.25. The van der Waals surface area contributed by atoms with Crippen molar-refractivity contribution in [2.24, 2.45) is 4.99 Å². The molecule has 1 N–H and O–H groups in total. The Morgan fingerprint density at radius 3 is 3.00 bits per heavy atom. The highest BCUT2D eigenvalue weighted by molar-refractivity contribution is 7.16. The zero-order valence-corrected chi connectivity index (χ0v) is 17.2. The first-order valence-electron chi connectivity index (χ1n) is 9.65. The molecule has 0 bridgehead atoms. The lowest BCUT2D eigenvalue weighted by Gasteiger charge is -2.41. The lowest BCUT2D eigenvalue weighted by atomic mass is 10.1. The quantitative estimate of drug-likeness (QED) is 0.801. The average Bonchev–Trinajstić information content (AvgIpc) is 2.95. The highest BCUT2D eigenvalue weighted by atomic mass is 32.1. The normalized spacial score (nSPS) is 19.7. The van der Waals surface area contributed by atoms with Gasteiger partial charge in [-0.25, -0.2) is 4.99 Å². The number of thiophene rings is 1. The second kappa shape index (κ2) is 8.00. The van der Waals surface area contributed by atoms with E-state index in [0.717, 1.165) is 56.3 Å². The molecule has 1 saturated heterocycles. The number of hydrogen-bond acceptors (Lipinski definition) is 6. The molecule has 2 aliphatic heterocycles. The van der Waals surface area contributed by atoms with Gasteiger partial charge in [0.05, 0.1) is 16.9 Å². The van der Waals surface area contributed by atoms with E-state index in [1.807, 2.05) is 11.3 Å². The van der Waals surface area contributed by atoms with E-state index in [1.165, 1.54) is 15.4 Å². The smallest absolute Gasteiger partial charge is 0.139 e. The van der Waals surface area contributed by atoms with Crippen LogP contribution in [0.2, 0.25) is 0 Å². The van der Waals surface area contributed by atoms with E-state index in [0.29, 0.717) is 6.04 Å². The molecule has 1 atom stereocenters. The Labute approximate surface area is 165 Å². The summed E-state index contributed by atoms with van der Waals surface area (Å²) in [5.74, 6) is 1.11. The number of piperazine rings is 1. The molecule has 1 aromatic heterocycles. The van der Waals surface area contributed by atoms with E-state index in [4.69, 9.17) is 9.73 Å². The van der Waals surface area contributed by atoms with Crippen molar-refractivity contribution in [1.82, 2.24) is 9.80 Å². The number of aryl methyl sites for hydroxylation is 1. The van der Waals surface area contributed by atoms with Gasteiger partial charge < -0.3 is 15.0 Å². The van der Waals surface area contributed by atoms with E-state index in [2.05, 4.69) is 59.4 Å². The Hall–Kier alpha value is -1.89. The Kier molecular flexibility index (Phi) is 5.48. The van der Waals surface area contributed by atoms with Crippen LogP contribution < -0.4 is 5.32 Å². The number of hydrogen-bond donors (Lipinski definition) is 1. The highest BCUT2D eigenvalue weighted by Gasteiger charge is 2.29. The summed E-state index contributed by atoms with van der Waals surface area (Å²) in [5, 5.41) is 4.81. The summed E-state index contributed by atoms with van der Waals surface area (Å²) in [5.41, 5.74) is 3.33. The van der Waals surface area contributed by atoms with Crippen LogP contribution in [0.1, 0.15) is 23.3 Å². The Morgan fingerprint density at radius 2 is 2.15 bits per heavy atom. The molecule has 27 heavy (non-hydrogen) atoms. The monoisotopic (exact) mass is 384 g/mol. The molecular formula is C21H28N4OS. The number of aliphatic imine (C=N–C) groups is 1. The van der Waals surface area contributed by atoms with E-state index in [9.17, 15) is 0 Å². The topological polar surface area (TPSA) is 40.1 Å². The molecule has 0 radical (unpaired) electrons. The van der Waals surface area contributed by atoms with Gasteiger partial charge in [-0.3, -0.25) is 4.90 Å². The molecule has 4 rings (SSSR count). The van der Waals surface area contributed by atoms with Crippen LogP contribution in [0.25, 0.3) is 0 Å². The van der Waals surface area contributed by atoms with Gasteiger partial charge in [0, 0.05) is 44.3 Å². The second-order valence-electron chi connectivity index (χ2n) is 7.39. The van der Waals surface area contributed by atoms with Crippen molar-refractivity contribution < 1.29 is 4.74 Å². The predicted octanol–water partition coefficient (Wildman–Crippen LogP) is 4.23. The van der Waals surface area contributed by atoms with E-state index in [-0.39, 0.29) is 0 Å². The van der Waals surface area contributed by atoms with Crippen LogP contribution >= 0.6 is 11.3 Å². The van der Waals surface area contributed by atoms with Gasteiger partial charge in [0.1, 0.15) is 10.8 Å². The van der Waals surface area contributed by atoms with Crippen molar-refractivity contribution in [3.63, 3.8) is 0 Å². The molecule has 5 nitrogen and oxygen atoms in total. The van der Waals surface area contributed by atoms with Crippen molar-refractivity contribution in [3.05, 3.63) is 40.8 Å². The van der Waals surface area contributed by atoms with Gasteiger partial charge in [0.2, 0.25) is 0 Å². The average molecular weight is 385 g/mol. The number of nitrogens with one attached hydrogen (secondary N) is 1. The molecule has 6 heteroatoms. The van der Waals surface area contributed by atoms with Gasteiger partial charge in [-0.2, -0.15) is 0 Å². The maximum Gasteiger partial charge on any atom is 0.139 e. The molecule has 3 heterocycles. The third-order valence-electron chi connectivity index (χ3n) is 5.44. The maximum atomic E-state index is 5.25. The van der Waals surface area contributed by atoms with Crippen LogP contribution in [0.4, 0.5) is 16.4 Å². The van der Waals surface area contributed by atoms with Gasteiger partial charge in [0.25, 0.3) is 0 Å². The largest absolute Gasteiger partial charge is 0.385 e. The van der Waals surface area contributed by atoms with Crippen molar-refractivity contribution in [2.75, 3.05) is 45.7 Å². The number of benzene rings is 1. The molecule has 0 amide bonds. The molecule has 2 aromatic rings. The SMILES string of the molecule is COCCC[C@H]1CN(C2=Nc3ccccc3Nc3sc(C)cc32)CCN1C. The summed E-state index contributed by atoms with van der Waals surface area (Å²) < 4.78 is 5.25. The van der Waals surface area contributed by atoms with Crippen LogP contribution in [-0.4, -0.2) is 62.1 Å². The zero-order chi connectivity index (χ0) is 18.8. The fourth-order valence-electron chi connectivity index (χ4n) is 3.90. The molecule has 0 aliphatic carbocycles. The summed E-state index contributed by atoms with van der Waals surface area (Å²) in [6, 6.07) is 11.1. The number of likely N-dealkylation sites (N-methyl/N-ethyl adjacent to an activating group) is 1. The Balaban J connectivity index is 1.65. The molecule has 1 aromatic carbocycles. The number of anilines is 2. The summed E-state index contributed by atoms with van der Waals surface area (Å²) in [6.45, 7) is 6.07. The van der Waals surface area contributed by atoms with Crippen molar-refractivity contribution in [2.45, 2.75) is 25.8 Å². The van der Waals surface area contributed by atoms with Crippen LogP contribution in [-0.2, 0) is 4.74 Å². The standard InChI is InChI=1S/C21H28N4OS/c1-15-13-17-20(22-18-8-4-5-9-19(18)23-21(17)27-15)25-11-10-24(2)16(14-25)7-6-12-26-3/h4-5,8-9,13,16,23H,6-7,10-12,14H2,1-3H3/t16-/m0/s1. The minimum Gasteiger partial charge on any atom is -0.385 e. The number of nitrogens with zero attached hydrogens (tertiary/aromatic N) is 3. The van der Waals surface area contributed by atoms with Gasteiger partial charge in [-0.15, -0.1) is 11.3 Å². The summed E-state index contributed by atoms with van der Waals surface area (Å²) >= 11 is 1.81. The van der Waals surface area contributed by atoms with Crippen LogP contribution in [0.3, 0.4) is 0 Å². The highest BCUT2D eigenvalue weighted by Crippen LogP contribution is 2.39. The number of ether oxygens (including phenoxy) is 1. The Morgan fingerprint density at radius 1 is 1.30 bits per heavy atom. The molecule has 0 spiro atoms. The molecule has 0 saturated carbocycles. The molecule has 0 unspecified atom stereocenters. The van der Waals surface area contributed by atoms with Crippen LogP contribution in [0.5, 0.6) is 0 Å². The third-order valence-corrected chi connectivity index (χ3v) is 6.40. The summed E-state index contributed by atoms with van der Waals surface area (Å²) in [4.78, 5) is 11.4. The number of amidine groups is 1. The molecular weight excluding hydrogens is 356 g/mol. The summed E-state index contributed by atoms with van der Waals surface area (Å²) in [7, 11) is 4.02. The third kappa shape index (κ3) is 3.88. The second-order valence-corrected chi connectivity index (χ2v) is 8.65. The van der Waals surface area contributed by atoms with Gasteiger partial charge in [0.15, 0.2) is 0 Å². The number of methoxy groups -OCH3 is 1. The first kappa shape index (κ1) is 18.5. The fraction of sp³-hybridized carbons (Fsp3) is 0.476. The molecule has 2 aliphatic rings. The predicted molar refractivity (Wildman–Crippen MR) is 114 cm³/mol. The number of rotatable bonds is 4. The van der Waals surface area contributed by atoms with Crippen molar-refractivity contribution in [3.8, 4) is 0 Å². The minimum absolute atomic E-state index is 0.534. The molecule has 144 valence electrons. The zero-order valence-electron chi connectivity index (χ0n) is 16.4. The van der Waals surface area contributed by atoms with Crippen LogP contribution in [0.15, 0.2) is 35.3 Å².